The number of nitrogens with zero attached hydrogens (tertiary/aromatic N) is 2. The fourth-order valence-corrected chi connectivity index (χ4v) is 2.74. The number of carbonyl (C=O) groups excluding carboxylic acids is 2. The van der Waals surface area contributed by atoms with E-state index in [0.717, 1.165) is 0 Å². The third-order valence-electron chi connectivity index (χ3n) is 3.23. The molecule has 0 unspecified atom stereocenters. The maximum atomic E-state index is 11.9. The normalized spacial score (nSPS) is 16.6. The van der Waals surface area contributed by atoms with E-state index in [2.05, 4.69) is 15.9 Å². The van der Waals surface area contributed by atoms with Crippen LogP contribution in [0.25, 0.3) is 0 Å². The molecule has 106 valence electrons. The molecule has 1 aromatic rings. The van der Waals surface area contributed by atoms with Gasteiger partial charge in [0.1, 0.15) is 4.47 Å². The Morgan fingerprint density at radius 2 is 1.95 bits per heavy atom. The third-order valence-corrected chi connectivity index (χ3v) is 4.15. The van der Waals surface area contributed by atoms with Crippen molar-refractivity contribution >= 4 is 33.4 Å². The van der Waals surface area contributed by atoms with Crippen LogP contribution >= 0.6 is 15.9 Å². The number of benzene rings is 1. The number of likely N-dealkylation sites (tertiary alicyclic amines) is 1. The molecule has 1 fully saturated rings. The standard InChI is InChI=1S/C13H13BrN2O4/c1-8-5-11(17)15(12(18)6-8)7-9-3-2-4-10(13(9)14)16(19)20/h2-4,8H,5-7H2,1H3. The van der Waals surface area contributed by atoms with Crippen molar-refractivity contribution in [3.63, 3.8) is 0 Å². The summed E-state index contributed by atoms with van der Waals surface area (Å²) in [6.07, 6.45) is 0.663. The van der Waals surface area contributed by atoms with Crippen molar-refractivity contribution in [3.8, 4) is 0 Å². The molecule has 20 heavy (non-hydrogen) atoms. The smallest absolute Gasteiger partial charge is 0.278 e. The van der Waals surface area contributed by atoms with Crippen molar-refractivity contribution in [2.75, 3.05) is 0 Å². The fourth-order valence-electron chi connectivity index (χ4n) is 2.20. The Hall–Kier alpha value is -1.76. The number of halogens is 1. The van der Waals surface area contributed by atoms with Crippen LogP contribution in [0.3, 0.4) is 0 Å². The topological polar surface area (TPSA) is 80.5 Å². The molecule has 1 aliphatic rings. The van der Waals surface area contributed by atoms with Gasteiger partial charge in [-0.3, -0.25) is 24.6 Å². The van der Waals surface area contributed by atoms with Crippen LogP contribution < -0.4 is 0 Å². The number of imide groups is 1. The van der Waals surface area contributed by atoms with Crippen LogP contribution in [-0.4, -0.2) is 21.6 Å². The molecule has 1 heterocycles. The Labute approximate surface area is 124 Å². The van der Waals surface area contributed by atoms with Gasteiger partial charge in [0.15, 0.2) is 0 Å². The maximum absolute atomic E-state index is 11.9. The number of hydrogen-bond donors (Lipinski definition) is 0. The second-order valence-electron chi connectivity index (χ2n) is 4.89. The largest absolute Gasteiger partial charge is 0.283 e. The molecule has 1 aromatic carbocycles. The number of rotatable bonds is 3. The lowest BCUT2D eigenvalue weighted by atomic mass is 9.97. The second-order valence-corrected chi connectivity index (χ2v) is 5.69. The van der Waals surface area contributed by atoms with Gasteiger partial charge in [-0.1, -0.05) is 19.1 Å². The number of piperidine rings is 1. The molecule has 2 rings (SSSR count). The lowest BCUT2D eigenvalue weighted by Crippen LogP contribution is -2.42. The van der Waals surface area contributed by atoms with Gasteiger partial charge in [-0.15, -0.1) is 0 Å². The number of amides is 2. The molecule has 1 aliphatic heterocycles. The molecule has 0 bridgehead atoms. The highest BCUT2D eigenvalue weighted by Gasteiger charge is 2.31. The molecule has 2 amide bonds. The monoisotopic (exact) mass is 340 g/mol. The first-order chi connectivity index (χ1) is 9.40. The quantitative estimate of drug-likeness (QED) is 0.481. The zero-order chi connectivity index (χ0) is 14.9. The summed E-state index contributed by atoms with van der Waals surface area (Å²) in [6.45, 7) is 1.92. The van der Waals surface area contributed by atoms with E-state index in [-0.39, 0.29) is 30.0 Å². The van der Waals surface area contributed by atoms with Crippen LogP contribution in [0.15, 0.2) is 22.7 Å². The minimum atomic E-state index is -0.504. The summed E-state index contributed by atoms with van der Waals surface area (Å²) in [5.74, 6) is -0.404. The summed E-state index contributed by atoms with van der Waals surface area (Å²) < 4.78 is 0.309. The minimum Gasteiger partial charge on any atom is -0.278 e. The number of hydrogen-bond acceptors (Lipinski definition) is 4. The minimum absolute atomic E-state index is 0.0554. The van der Waals surface area contributed by atoms with Crippen molar-refractivity contribution in [1.82, 2.24) is 4.90 Å². The first kappa shape index (κ1) is 14.6. The zero-order valence-corrected chi connectivity index (χ0v) is 12.4. The second kappa shape index (κ2) is 5.70. The van der Waals surface area contributed by atoms with Gasteiger partial charge in [-0.2, -0.15) is 0 Å². The Bertz CT molecular complexity index is 570. The Balaban J connectivity index is 2.26. The first-order valence-electron chi connectivity index (χ1n) is 6.15. The summed E-state index contributed by atoms with van der Waals surface area (Å²) in [6, 6.07) is 4.57. The SMILES string of the molecule is CC1CC(=O)N(Cc2cccc([N+](=O)[O-])c2Br)C(=O)C1. The molecule has 7 heteroatoms. The van der Waals surface area contributed by atoms with Crippen molar-refractivity contribution < 1.29 is 14.5 Å². The van der Waals surface area contributed by atoms with Gasteiger partial charge in [-0.05, 0) is 27.4 Å². The van der Waals surface area contributed by atoms with Crippen molar-refractivity contribution in [2.24, 2.45) is 5.92 Å². The summed E-state index contributed by atoms with van der Waals surface area (Å²) in [7, 11) is 0. The Morgan fingerprint density at radius 3 is 2.50 bits per heavy atom. The molecule has 1 saturated heterocycles. The molecule has 0 spiro atoms. The third kappa shape index (κ3) is 2.87. The van der Waals surface area contributed by atoms with Crippen LogP contribution in [0.1, 0.15) is 25.3 Å². The van der Waals surface area contributed by atoms with E-state index in [4.69, 9.17) is 0 Å². The predicted octanol–water partition coefficient (Wildman–Crippen LogP) is 2.64. The molecule has 0 aromatic heterocycles. The molecule has 0 saturated carbocycles. The van der Waals surface area contributed by atoms with Crippen LogP contribution in [-0.2, 0) is 16.1 Å². The first-order valence-corrected chi connectivity index (χ1v) is 6.94. The average molecular weight is 341 g/mol. The van der Waals surface area contributed by atoms with Gasteiger partial charge in [0.05, 0.1) is 11.5 Å². The van der Waals surface area contributed by atoms with E-state index in [1.54, 1.807) is 12.1 Å². The summed E-state index contributed by atoms with van der Waals surface area (Å²) >= 11 is 3.17. The predicted molar refractivity (Wildman–Crippen MR) is 74.8 cm³/mol. The molecule has 0 radical (unpaired) electrons. The van der Waals surface area contributed by atoms with Crippen LogP contribution in [0.4, 0.5) is 5.69 Å². The van der Waals surface area contributed by atoms with E-state index in [0.29, 0.717) is 22.9 Å². The zero-order valence-electron chi connectivity index (χ0n) is 10.8. The maximum Gasteiger partial charge on any atom is 0.283 e. The van der Waals surface area contributed by atoms with E-state index < -0.39 is 4.92 Å². The number of nitro groups is 1. The summed E-state index contributed by atoms with van der Waals surface area (Å²) in [4.78, 5) is 35.3. The molecule has 0 atom stereocenters. The van der Waals surface area contributed by atoms with E-state index >= 15 is 0 Å². The fraction of sp³-hybridized carbons (Fsp3) is 0.385. The van der Waals surface area contributed by atoms with Crippen molar-refractivity contribution in [2.45, 2.75) is 26.3 Å². The number of nitro benzene ring substituents is 1. The highest BCUT2D eigenvalue weighted by molar-refractivity contribution is 9.10. The highest BCUT2D eigenvalue weighted by atomic mass is 79.9. The van der Waals surface area contributed by atoms with E-state index in [1.807, 2.05) is 6.92 Å². The van der Waals surface area contributed by atoms with Gasteiger partial charge in [0.25, 0.3) is 5.69 Å². The molecule has 6 nitrogen and oxygen atoms in total. The molecule has 0 N–H and O–H groups in total. The van der Waals surface area contributed by atoms with E-state index in [1.165, 1.54) is 11.0 Å². The lowest BCUT2D eigenvalue weighted by molar-refractivity contribution is -0.385. The summed E-state index contributed by atoms with van der Waals surface area (Å²) in [5, 5.41) is 10.9. The highest BCUT2D eigenvalue weighted by Crippen LogP contribution is 2.30. The number of carbonyl (C=O) groups is 2. The average Bonchev–Trinajstić information content (AvgIpc) is 2.35. The summed E-state index contributed by atoms with van der Waals surface area (Å²) in [5.41, 5.74) is 0.475. The van der Waals surface area contributed by atoms with Gasteiger partial charge >= 0.3 is 0 Å². The molecular weight excluding hydrogens is 328 g/mol. The van der Waals surface area contributed by atoms with Gasteiger partial charge < -0.3 is 0 Å². The Kier molecular flexibility index (Phi) is 4.17. The Morgan fingerprint density at radius 1 is 1.35 bits per heavy atom. The van der Waals surface area contributed by atoms with Crippen molar-refractivity contribution in [1.29, 1.82) is 0 Å². The van der Waals surface area contributed by atoms with Crippen LogP contribution in [0, 0.1) is 16.0 Å². The van der Waals surface area contributed by atoms with E-state index in [9.17, 15) is 19.7 Å². The van der Waals surface area contributed by atoms with Crippen LogP contribution in [0.5, 0.6) is 0 Å². The van der Waals surface area contributed by atoms with Gasteiger partial charge in [-0.25, -0.2) is 0 Å². The lowest BCUT2D eigenvalue weighted by Gasteiger charge is -2.28. The van der Waals surface area contributed by atoms with Gasteiger partial charge in [0, 0.05) is 18.9 Å². The van der Waals surface area contributed by atoms with Crippen molar-refractivity contribution in [3.05, 3.63) is 38.3 Å². The van der Waals surface area contributed by atoms with Gasteiger partial charge in [0.2, 0.25) is 11.8 Å². The molecule has 0 aliphatic carbocycles. The molecular formula is C13H13BrN2O4. The van der Waals surface area contributed by atoms with Crippen LogP contribution in [0.2, 0.25) is 0 Å².